The maximum atomic E-state index is 11.0. The zero-order valence-corrected chi connectivity index (χ0v) is 18.3. The summed E-state index contributed by atoms with van der Waals surface area (Å²) in [5.41, 5.74) is 9.52. The third-order valence-electron chi connectivity index (χ3n) is 5.62. The topological polar surface area (TPSA) is 80.0 Å². The first kappa shape index (κ1) is 23.0. The van der Waals surface area contributed by atoms with Crippen molar-refractivity contribution in [1.29, 1.82) is 0 Å². The summed E-state index contributed by atoms with van der Waals surface area (Å²) in [6.07, 6.45) is 1.01. The molecule has 0 amide bonds. The van der Waals surface area contributed by atoms with Gasteiger partial charge in [0.25, 0.3) is 0 Å². The molecule has 1 aliphatic rings. The molecule has 2 atom stereocenters. The highest BCUT2D eigenvalue weighted by atomic mass is 28.4. The van der Waals surface area contributed by atoms with E-state index in [0.717, 1.165) is 6.42 Å². The molecule has 1 fully saturated rings. The first-order chi connectivity index (χ1) is 11.7. The van der Waals surface area contributed by atoms with Gasteiger partial charge in [-0.2, -0.15) is 0 Å². The Labute approximate surface area is 155 Å². The maximum absolute atomic E-state index is 11.0. The number of hydrazine groups is 1. The van der Waals surface area contributed by atoms with Crippen LogP contribution in [0.25, 0.3) is 0 Å². The van der Waals surface area contributed by atoms with Crippen molar-refractivity contribution in [3.05, 3.63) is 0 Å². The molecule has 1 aliphatic heterocycles. The fourth-order valence-corrected chi connectivity index (χ4v) is 9.91. The lowest BCUT2D eigenvalue weighted by Crippen LogP contribution is -2.79. The van der Waals surface area contributed by atoms with Gasteiger partial charge in [-0.3, -0.25) is 0 Å². The molecule has 7 heteroatoms. The van der Waals surface area contributed by atoms with E-state index in [4.69, 9.17) is 14.9 Å². The van der Waals surface area contributed by atoms with E-state index in [1.54, 1.807) is 0 Å². The summed E-state index contributed by atoms with van der Waals surface area (Å²) in [4.78, 5) is 0. The Morgan fingerprint density at radius 3 is 2.16 bits per heavy atom. The summed E-state index contributed by atoms with van der Waals surface area (Å²) in [7, 11) is -1.87. The summed E-state index contributed by atoms with van der Waals surface area (Å²) in [6.45, 7) is 18.1. The van der Waals surface area contributed by atoms with Crippen molar-refractivity contribution >= 4 is 8.32 Å². The molecule has 25 heavy (non-hydrogen) atoms. The van der Waals surface area contributed by atoms with Gasteiger partial charge in [-0.1, -0.05) is 41.5 Å². The van der Waals surface area contributed by atoms with Crippen LogP contribution in [0.1, 0.15) is 61.3 Å². The Bertz CT molecular complexity index is 374. The van der Waals surface area contributed by atoms with Gasteiger partial charge in [-0.25, -0.2) is 10.4 Å². The van der Waals surface area contributed by atoms with E-state index in [9.17, 15) is 5.11 Å². The van der Waals surface area contributed by atoms with E-state index >= 15 is 0 Å². The molecular formula is C18H41N3O3Si. The van der Waals surface area contributed by atoms with Crippen molar-refractivity contribution in [1.82, 2.24) is 10.4 Å². The number of nitrogens with zero attached hydrogens (tertiary/aromatic N) is 1. The van der Waals surface area contributed by atoms with Crippen LogP contribution in [0.3, 0.4) is 0 Å². The molecule has 6 nitrogen and oxygen atoms in total. The molecule has 1 rings (SSSR count). The monoisotopic (exact) mass is 375 g/mol. The third kappa shape index (κ3) is 4.83. The number of hydrogen-bond donors (Lipinski definition) is 3. The number of nitrogens with one attached hydrogen (secondary N) is 1. The lowest BCUT2D eigenvalue weighted by Gasteiger charge is -2.55. The molecule has 4 N–H and O–H groups in total. The first-order valence-corrected chi connectivity index (χ1v) is 12.0. The summed E-state index contributed by atoms with van der Waals surface area (Å²) in [5, 5.41) is 12.9. The van der Waals surface area contributed by atoms with Crippen LogP contribution >= 0.6 is 0 Å². The molecule has 1 unspecified atom stereocenters. The van der Waals surface area contributed by atoms with E-state index < -0.39 is 14.0 Å². The summed E-state index contributed by atoms with van der Waals surface area (Å²) in [6, 6.07) is 0. The standard InChI is InChI=1S/C18H41N3O3Si/c1-8-23-17-18(22,10-9-11-19)21(20-17)12-13-24-25(14(2)3,15(4)5)16(6)7/h14-17,20,22H,8-13,19H2,1-7H3/t17-,18?/m0/s1. The van der Waals surface area contributed by atoms with E-state index in [-0.39, 0.29) is 6.23 Å². The largest absolute Gasteiger partial charge is 0.415 e. The number of nitrogens with two attached hydrogens (primary N) is 1. The van der Waals surface area contributed by atoms with E-state index in [1.807, 2.05) is 11.9 Å². The van der Waals surface area contributed by atoms with Crippen molar-refractivity contribution in [2.24, 2.45) is 5.73 Å². The zero-order chi connectivity index (χ0) is 19.3. The predicted molar refractivity (Wildman–Crippen MR) is 105 cm³/mol. The van der Waals surface area contributed by atoms with Gasteiger partial charge in [0.15, 0.2) is 20.3 Å². The SMILES string of the molecule is CCO[C@@H]1NN(CCO[Si](C(C)C)(C(C)C)C(C)C)C1(O)CCCN. The summed E-state index contributed by atoms with van der Waals surface area (Å²) < 4.78 is 12.2. The van der Waals surface area contributed by atoms with Crippen molar-refractivity contribution in [2.75, 3.05) is 26.3 Å². The average Bonchev–Trinajstić information content (AvgIpc) is 2.53. The van der Waals surface area contributed by atoms with E-state index in [1.165, 1.54) is 0 Å². The van der Waals surface area contributed by atoms with Crippen molar-refractivity contribution < 1.29 is 14.3 Å². The Hall–Kier alpha value is -0.0231. The minimum absolute atomic E-state index is 0.355. The van der Waals surface area contributed by atoms with Gasteiger partial charge in [0.05, 0.1) is 0 Å². The number of hydrogen-bond acceptors (Lipinski definition) is 6. The molecule has 1 saturated heterocycles. The van der Waals surface area contributed by atoms with Crippen molar-refractivity contribution in [3.8, 4) is 0 Å². The second kappa shape index (κ2) is 9.78. The van der Waals surface area contributed by atoms with Gasteiger partial charge in [0, 0.05) is 19.8 Å². The molecule has 0 aliphatic carbocycles. The van der Waals surface area contributed by atoms with Crippen LogP contribution in [0.2, 0.25) is 16.6 Å². The Morgan fingerprint density at radius 1 is 1.16 bits per heavy atom. The highest BCUT2D eigenvalue weighted by molar-refractivity contribution is 6.77. The molecule has 0 bridgehead atoms. The second-order valence-corrected chi connectivity index (χ2v) is 13.5. The van der Waals surface area contributed by atoms with Gasteiger partial charge in [-0.05, 0) is 42.9 Å². The van der Waals surface area contributed by atoms with Crippen molar-refractivity contribution in [3.63, 3.8) is 0 Å². The molecule has 0 aromatic rings. The van der Waals surface area contributed by atoms with E-state index in [0.29, 0.717) is 49.3 Å². The van der Waals surface area contributed by atoms with Crippen LogP contribution in [0, 0.1) is 0 Å². The van der Waals surface area contributed by atoms with Crippen LogP contribution in [0.15, 0.2) is 0 Å². The third-order valence-corrected chi connectivity index (χ3v) is 11.7. The summed E-state index contributed by atoms with van der Waals surface area (Å²) >= 11 is 0. The Morgan fingerprint density at radius 2 is 1.72 bits per heavy atom. The molecule has 0 aromatic carbocycles. The summed E-state index contributed by atoms with van der Waals surface area (Å²) in [5.74, 6) is 0. The van der Waals surface area contributed by atoms with Gasteiger partial charge >= 0.3 is 0 Å². The Kier molecular flexibility index (Phi) is 9.00. The number of rotatable bonds is 12. The average molecular weight is 376 g/mol. The van der Waals surface area contributed by atoms with Gasteiger partial charge in [0.2, 0.25) is 0 Å². The normalized spacial score (nSPS) is 25.2. The fourth-order valence-electron chi connectivity index (χ4n) is 4.47. The highest BCUT2D eigenvalue weighted by Crippen LogP contribution is 2.42. The van der Waals surface area contributed by atoms with Gasteiger partial charge in [0.1, 0.15) is 0 Å². The quantitative estimate of drug-likeness (QED) is 0.455. The van der Waals surface area contributed by atoms with Gasteiger partial charge in [-0.15, -0.1) is 0 Å². The molecule has 1 heterocycles. The first-order valence-electron chi connectivity index (χ1n) is 9.88. The minimum atomic E-state index is -1.87. The van der Waals surface area contributed by atoms with Gasteiger partial charge < -0.3 is 20.0 Å². The zero-order valence-electron chi connectivity index (χ0n) is 17.3. The van der Waals surface area contributed by atoms with Crippen LogP contribution in [-0.4, -0.2) is 56.7 Å². The minimum Gasteiger partial charge on any atom is -0.415 e. The second-order valence-electron chi connectivity index (χ2n) is 8.05. The number of ether oxygens (including phenoxy) is 1. The molecular weight excluding hydrogens is 334 g/mol. The smallest absolute Gasteiger partial charge is 0.200 e. The predicted octanol–water partition coefficient (Wildman–Crippen LogP) is 2.79. The lowest BCUT2D eigenvalue weighted by molar-refractivity contribution is -0.324. The van der Waals surface area contributed by atoms with Crippen LogP contribution in [0.5, 0.6) is 0 Å². The molecule has 0 radical (unpaired) electrons. The van der Waals surface area contributed by atoms with Crippen LogP contribution < -0.4 is 11.2 Å². The van der Waals surface area contributed by atoms with Crippen LogP contribution in [0.4, 0.5) is 0 Å². The molecule has 0 saturated carbocycles. The fraction of sp³-hybridized carbons (Fsp3) is 1.00. The maximum Gasteiger partial charge on any atom is 0.200 e. The Balaban J connectivity index is 2.69. The number of aliphatic hydroxyl groups is 1. The molecule has 0 aromatic heterocycles. The van der Waals surface area contributed by atoms with E-state index in [2.05, 4.69) is 47.0 Å². The molecule has 150 valence electrons. The molecule has 0 spiro atoms. The van der Waals surface area contributed by atoms with Crippen molar-refractivity contribution in [2.45, 2.75) is 89.9 Å². The highest BCUT2D eigenvalue weighted by Gasteiger charge is 2.53. The van der Waals surface area contributed by atoms with Crippen LogP contribution in [-0.2, 0) is 9.16 Å². The lowest BCUT2D eigenvalue weighted by atomic mass is 10.0.